The smallest absolute Gasteiger partial charge is 0.160 e. The average molecular weight is 362 g/mol. The van der Waals surface area contributed by atoms with Crippen molar-refractivity contribution in [3.63, 3.8) is 0 Å². The second-order valence-electron chi connectivity index (χ2n) is 6.93. The summed E-state index contributed by atoms with van der Waals surface area (Å²) in [5, 5.41) is 40.2. The fraction of sp³-hybridized carbons (Fsp3) is 0.500. The molecule has 26 heavy (non-hydrogen) atoms. The third-order valence-electron chi connectivity index (χ3n) is 5.61. The van der Waals surface area contributed by atoms with Gasteiger partial charge in [0.1, 0.15) is 5.76 Å². The van der Waals surface area contributed by atoms with E-state index in [1.54, 1.807) is 6.07 Å². The highest BCUT2D eigenvalue weighted by Crippen LogP contribution is 2.48. The standard InChI is InChI=1S/C20H26O6/c1-25-18-6-11(3-4-16(18)23)20-14-8-17(24)19(26-2)7-12(14)5-13(9-21)15(20)10-22/h6-8,13,15,20-24H,3-5,9-10H2,1-2H3. The van der Waals surface area contributed by atoms with Crippen molar-refractivity contribution in [3.8, 4) is 11.5 Å². The van der Waals surface area contributed by atoms with Gasteiger partial charge in [0.2, 0.25) is 0 Å². The van der Waals surface area contributed by atoms with Gasteiger partial charge in [-0.05, 0) is 54.0 Å². The molecule has 0 aliphatic heterocycles. The van der Waals surface area contributed by atoms with Crippen LogP contribution in [0.15, 0.2) is 35.3 Å². The summed E-state index contributed by atoms with van der Waals surface area (Å²) in [6, 6.07) is 3.50. The normalized spacial score (nSPS) is 25.5. The van der Waals surface area contributed by atoms with Gasteiger partial charge in [-0.25, -0.2) is 0 Å². The van der Waals surface area contributed by atoms with E-state index >= 15 is 0 Å². The molecule has 2 aliphatic rings. The Bertz CT molecular complexity index is 736. The average Bonchev–Trinajstić information content (AvgIpc) is 2.66. The van der Waals surface area contributed by atoms with Crippen LogP contribution < -0.4 is 4.74 Å². The number of benzene rings is 1. The first kappa shape index (κ1) is 18.6. The van der Waals surface area contributed by atoms with E-state index in [4.69, 9.17) is 9.47 Å². The van der Waals surface area contributed by atoms with Gasteiger partial charge in [-0.15, -0.1) is 0 Å². The lowest BCUT2D eigenvalue weighted by molar-refractivity contribution is 0.0989. The lowest BCUT2D eigenvalue weighted by Gasteiger charge is -2.40. The minimum atomic E-state index is -0.176. The number of aromatic hydroxyl groups is 1. The number of rotatable bonds is 5. The molecule has 6 nitrogen and oxygen atoms in total. The Kier molecular flexibility index (Phi) is 5.44. The molecule has 3 atom stereocenters. The molecule has 0 fully saturated rings. The number of hydrogen-bond donors (Lipinski definition) is 4. The molecule has 0 heterocycles. The van der Waals surface area contributed by atoms with Gasteiger partial charge in [0.25, 0.3) is 0 Å². The summed E-state index contributed by atoms with van der Waals surface area (Å²) in [5.74, 6) is 0.642. The summed E-state index contributed by atoms with van der Waals surface area (Å²) in [4.78, 5) is 0. The molecule has 6 heteroatoms. The van der Waals surface area contributed by atoms with Crippen LogP contribution in [0.5, 0.6) is 11.5 Å². The van der Waals surface area contributed by atoms with Crippen LogP contribution in [0.4, 0.5) is 0 Å². The van der Waals surface area contributed by atoms with E-state index in [-0.39, 0.29) is 42.5 Å². The molecule has 142 valence electrons. The van der Waals surface area contributed by atoms with E-state index in [1.807, 2.05) is 12.1 Å². The first-order valence-electron chi connectivity index (χ1n) is 8.82. The molecule has 1 aromatic rings. The van der Waals surface area contributed by atoms with Crippen molar-refractivity contribution in [2.24, 2.45) is 11.8 Å². The number of ether oxygens (including phenoxy) is 2. The maximum Gasteiger partial charge on any atom is 0.160 e. The fourth-order valence-corrected chi connectivity index (χ4v) is 4.25. The number of hydrogen-bond acceptors (Lipinski definition) is 6. The summed E-state index contributed by atoms with van der Waals surface area (Å²) in [5.41, 5.74) is 2.94. The van der Waals surface area contributed by atoms with E-state index in [0.29, 0.717) is 30.8 Å². The van der Waals surface area contributed by atoms with Crippen molar-refractivity contribution >= 4 is 0 Å². The minimum Gasteiger partial charge on any atom is -0.508 e. The maximum atomic E-state index is 10.3. The number of methoxy groups -OCH3 is 2. The SMILES string of the molecule is COC1=C(O)CCC(C2c3cc(O)c(OC)cc3CC(CO)C2CO)=C1. The molecule has 0 aromatic heterocycles. The summed E-state index contributed by atoms with van der Waals surface area (Å²) in [7, 11) is 3.01. The van der Waals surface area contributed by atoms with Gasteiger partial charge in [-0.1, -0.05) is 5.57 Å². The second kappa shape index (κ2) is 7.60. The van der Waals surface area contributed by atoms with Crippen LogP contribution in [0.3, 0.4) is 0 Å². The number of phenols is 1. The first-order chi connectivity index (χ1) is 12.5. The highest BCUT2D eigenvalue weighted by atomic mass is 16.5. The third-order valence-corrected chi connectivity index (χ3v) is 5.61. The quantitative estimate of drug-likeness (QED) is 0.642. The van der Waals surface area contributed by atoms with Crippen LogP contribution in [0.1, 0.15) is 29.9 Å². The molecule has 0 amide bonds. The third kappa shape index (κ3) is 3.15. The van der Waals surface area contributed by atoms with Gasteiger partial charge in [0, 0.05) is 25.6 Å². The number of aliphatic hydroxyl groups excluding tert-OH is 3. The van der Waals surface area contributed by atoms with Crippen LogP contribution in [0, 0.1) is 11.8 Å². The summed E-state index contributed by atoms with van der Waals surface area (Å²) in [6.07, 6.45) is 3.52. The van der Waals surface area contributed by atoms with Crippen LogP contribution in [0.25, 0.3) is 0 Å². The van der Waals surface area contributed by atoms with Crippen molar-refractivity contribution in [1.82, 2.24) is 0 Å². The van der Waals surface area contributed by atoms with Gasteiger partial charge >= 0.3 is 0 Å². The largest absolute Gasteiger partial charge is 0.508 e. The molecule has 0 radical (unpaired) electrons. The number of phenolic OH excluding ortho intramolecular Hbond substituents is 1. The molecule has 0 bridgehead atoms. The zero-order valence-corrected chi connectivity index (χ0v) is 15.1. The summed E-state index contributed by atoms with van der Waals surface area (Å²) in [6.45, 7) is -0.104. The van der Waals surface area contributed by atoms with E-state index in [0.717, 1.165) is 16.7 Å². The molecule has 0 spiro atoms. The van der Waals surface area contributed by atoms with Crippen molar-refractivity contribution in [2.45, 2.75) is 25.2 Å². The Balaban J connectivity index is 2.14. The van der Waals surface area contributed by atoms with Gasteiger partial charge in [0.15, 0.2) is 17.3 Å². The van der Waals surface area contributed by atoms with Gasteiger partial charge < -0.3 is 29.9 Å². The van der Waals surface area contributed by atoms with Crippen LogP contribution in [-0.2, 0) is 11.2 Å². The molecule has 2 aliphatic carbocycles. The zero-order chi connectivity index (χ0) is 18.8. The molecular formula is C20H26O6. The predicted molar refractivity (Wildman–Crippen MR) is 96.2 cm³/mol. The van der Waals surface area contributed by atoms with Crippen LogP contribution in [-0.4, -0.2) is 47.9 Å². The van der Waals surface area contributed by atoms with Gasteiger partial charge in [-0.3, -0.25) is 0 Å². The van der Waals surface area contributed by atoms with Gasteiger partial charge in [-0.2, -0.15) is 0 Å². The second-order valence-corrected chi connectivity index (χ2v) is 6.93. The van der Waals surface area contributed by atoms with Crippen molar-refractivity contribution in [1.29, 1.82) is 0 Å². The molecule has 3 rings (SSSR count). The zero-order valence-electron chi connectivity index (χ0n) is 15.1. The Morgan fingerprint density at radius 2 is 1.81 bits per heavy atom. The Morgan fingerprint density at radius 3 is 2.42 bits per heavy atom. The molecule has 0 saturated heterocycles. The maximum absolute atomic E-state index is 10.3. The molecular weight excluding hydrogens is 336 g/mol. The van der Waals surface area contributed by atoms with Gasteiger partial charge in [0.05, 0.1) is 14.2 Å². The molecule has 1 aromatic carbocycles. The van der Waals surface area contributed by atoms with Crippen LogP contribution in [0.2, 0.25) is 0 Å². The first-order valence-corrected chi connectivity index (χ1v) is 8.82. The molecule has 0 saturated carbocycles. The lowest BCUT2D eigenvalue weighted by Crippen LogP contribution is -2.35. The number of fused-ring (bicyclic) bond motifs is 1. The minimum absolute atomic E-state index is 0.0319. The van der Waals surface area contributed by atoms with Crippen molar-refractivity contribution < 1.29 is 29.9 Å². The van der Waals surface area contributed by atoms with Crippen LogP contribution >= 0.6 is 0 Å². The highest BCUT2D eigenvalue weighted by molar-refractivity contribution is 5.52. The Hall–Kier alpha value is -2.18. The fourth-order valence-electron chi connectivity index (χ4n) is 4.25. The highest BCUT2D eigenvalue weighted by Gasteiger charge is 2.39. The lowest BCUT2D eigenvalue weighted by atomic mass is 9.65. The summed E-state index contributed by atoms with van der Waals surface area (Å²) >= 11 is 0. The van der Waals surface area contributed by atoms with E-state index in [2.05, 4.69) is 0 Å². The van der Waals surface area contributed by atoms with Crippen molar-refractivity contribution in [3.05, 3.63) is 46.4 Å². The monoisotopic (exact) mass is 362 g/mol. The van der Waals surface area contributed by atoms with E-state index < -0.39 is 0 Å². The molecule has 3 unspecified atom stereocenters. The van der Waals surface area contributed by atoms with E-state index in [9.17, 15) is 20.4 Å². The summed E-state index contributed by atoms with van der Waals surface area (Å²) < 4.78 is 10.5. The molecule has 4 N–H and O–H groups in total. The van der Waals surface area contributed by atoms with E-state index in [1.165, 1.54) is 14.2 Å². The number of allylic oxidation sites excluding steroid dienone is 3. The topological polar surface area (TPSA) is 99.4 Å². The number of aliphatic hydroxyl groups is 3. The van der Waals surface area contributed by atoms with Crippen molar-refractivity contribution in [2.75, 3.05) is 27.4 Å². The Labute approximate surface area is 153 Å². The Morgan fingerprint density at radius 1 is 1.04 bits per heavy atom. The predicted octanol–water partition coefficient (Wildman–Crippen LogP) is 2.39.